The van der Waals surface area contributed by atoms with Crippen LogP contribution in [-0.2, 0) is 32.6 Å². The quantitative estimate of drug-likeness (QED) is 0.206. The molecular weight excluding hydrogens is 598 g/mol. The molecule has 2 amide bonds. The van der Waals surface area contributed by atoms with E-state index in [1.165, 1.54) is 30.2 Å². The van der Waals surface area contributed by atoms with E-state index >= 15 is 0 Å². The Kier molecular flexibility index (Phi) is 11.0. The number of likely N-dealkylation sites (N-methyl/N-ethyl adjacent to an activating group) is 1. The van der Waals surface area contributed by atoms with Crippen LogP contribution in [0.3, 0.4) is 0 Å². The minimum absolute atomic E-state index is 0.0268. The van der Waals surface area contributed by atoms with Crippen LogP contribution in [0.25, 0.3) is 0 Å². The van der Waals surface area contributed by atoms with Gasteiger partial charge in [-0.15, -0.1) is 0 Å². The number of carbonyl (C=O) groups is 2. The molecule has 0 aliphatic heterocycles. The normalized spacial score (nSPS) is 11.8. The third-order valence-corrected chi connectivity index (χ3v) is 9.27. The topological polar surface area (TPSA) is 96.0 Å². The Morgan fingerprint density at radius 3 is 2.23 bits per heavy atom. The smallest absolute Gasteiger partial charge is 0.264 e. The molecule has 0 aliphatic carbocycles. The molecule has 1 atom stereocenters. The predicted octanol–water partition coefficient (Wildman–Crippen LogP) is 5.63. The standard InChI is InChI=1S/C34H36ClN3O5S/c1-4-36-34(40)32(21-26-12-6-5-7-13-26)37(23-27-14-9-8-11-25(27)2)33(39)24-38(29-16-10-15-28(35)22-29)44(41,42)31-19-17-30(43-3)18-20-31/h5-20,22,32H,4,21,23-24H2,1-3H3,(H,36,40)/t32-/m1/s1. The first-order valence-electron chi connectivity index (χ1n) is 14.2. The molecule has 1 N–H and O–H groups in total. The molecule has 0 saturated carbocycles. The number of sulfonamides is 1. The van der Waals surface area contributed by atoms with Crippen LogP contribution in [0.4, 0.5) is 5.69 Å². The minimum atomic E-state index is -4.25. The average Bonchev–Trinajstić information content (AvgIpc) is 3.02. The average molecular weight is 634 g/mol. The molecule has 0 radical (unpaired) electrons. The molecule has 10 heteroatoms. The molecule has 0 spiro atoms. The number of anilines is 1. The number of nitrogens with one attached hydrogen (secondary N) is 1. The van der Waals surface area contributed by atoms with Crippen molar-refractivity contribution in [3.63, 3.8) is 0 Å². The van der Waals surface area contributed by atoms with Crippen molar-refractivity contribution >= 4 is 39.1 Å². The van der Waals surface area contributed by atoms with Crippen molar-refractivity contribution in [2.75, 3.05) is 24.5 Å². The summed E-state index contributed by atoms with van der Waals surface area (Å²) in [4.78, 5) is 29.5. The lowest BCUT2D eigenvalue weighted by molar-refractivity contribution is -0.140. The van der Waals surface area contributed by atoms with Gasteiger partial charge in [0.1, 0.15) is 18.3 Å². The molecular formula is C34H36ClN3O5S. The monoisotopic (exact) mass is 633 g/mol. The van der Waals surface area contributed by atoms with E-state index in [-0.39, 0.29) is 29.5 Å². The van der Waals surface area contributed by atoms with E-state index < -0.39 is 28.5 Å². The van der Waals surface area contributed by atoms with E-state index in [4.69, 9.17) is 16.3 Å². The number of hydrogen-bond acceptors (Lipinski definition) is 5. The van der Waals surface area contributed by atoms with Crippen molar-refractivity contribution in [2.45, 2.75) is 37.8 Å². The number of nitrogens with zero attached hydrogens (tertiary/aromatic N) is 2. The molecule has 0 heterocycles. The van der Waals surface area contributed by atoms with Gasteiger partial charge in [0.25, 0.3) is 10.0 Å². The Morgan fingerprint density at radius 2 is 1.59 bits per heavy atom. The molecule has 0 unspecified atom stereocenters. The van der Waals surface area contributed by atoms with Gasteiger partial charge in [-0.05, 0) is 73.0 Å². The van der Waals surface area contributed by atoms with E-state index in [1.807, 2.05) is 68.4 Å². The number of aryl methyl sites for hydroxylation is 1. The summed E-state index contributed by atoms with van der Waals surface area (Å²) in [5.74, 6) is -0.382. The molecule has 0 aliphatic rings. The lowest BCUT2D eigenvalue weighted by Crippen LogP contribution is -2.53. The van der Waals surface area contributed by atoms with Crippen LogP contribution in [0, 0.1) is 6.92 Å². The lowest BCUT2D eigenvalue weighted by Gasteiger charge is -2.34. The van der Waals surface area contributed by atoms with E-state index in [0.29, 0.717) is 17.3 Å². The highest BCUT2D eigenvalue weighted by Crippen LogP contribution is 2.28. The zero-order chi connectivity index (χ0) is 31.7. The zero-order valence-corrected chi connectivity index (χ0v) is 26.5. The molecule has 44 heavy (non-hydrogen) atoms. The van der Waals surface area contributed by atoms with Gasteiger partial charge in [0.15, 0.2) is 0 Å². The second-order valence-electron chi connectivity index (χ2n) is 10.2. The van der Waals surface area contributed by atoms with Gasteiger partial charge in [0, 0.05) is 24.5 Å². The van der Waals surface area contributed by atoms with Crippen LogP contribution < -0.4 is 14.4 Å². The molecule has 4 rings (SSSR count). The second kappa shape index (κ2) is 14.9. The molecule has 0 saturated heterocycles. The number of amides is 2. The van der Waals surface area contributed by atoms with Crippen LogP contribution in [0.1, 0.15) is 23.6 Å². The number of rotatable bonds is 13. The van der Waals surface area contributed by atoms with Crippen LogP contribution in [-0.4, -0.2) is 51.4 Å². The predicted molar refractivity (Wildman–Crippen MR) is 173 cm³/mol. The first kappa shape index (κ1) is 32.6. The fraction of sp³-hybridized carbons (Fsp3) is 0.235. The fourth-order valence-electron chi connectivity index (χ4n) is 4.85. The van der Waals surface area contributed by atoms with Gasteiger partial charge in [-0.3, -0.25) is 13.9 Å². The molecule has 8 nitrogen and oxygen atoms in total. The van der Waals surface area contributed by atoms with Gasteiger partial charge in [-0.1, -0.05) is 72.3 Å². The summed E-state index contributed by atoms with van der Waals surface area (Å²) >= 11 is 6.28. The Labute approximate surface area is 264 Å². The van der Waals surface area contributed by atoms with E-state index in [1.54, 1.807) is 30.3 Å². The van der Waals surface area contributed by atoms with Crippen LogP contribution in [0.5, 0.6) is 5.75 Å². The second-order valence-corrected chi connectivity index (χ2v) is 12.5. The Hall–Kier alpha value is -4.34. The highest BCUT2D eigenvalue weighted by molar-refractivity contribution is 7.92. The van der Waals surface area contributed by atoms with Crippen molar-refractivity contribution in [2.24, 2.45) is 0 Å². The summed E-state index contributed by atoms with van der Waals surface area (Å²) in [5.41, 5.74) is 2.87. The fourth-order valence-corrected chi connectivity index (χ4v) is 6.44. The summed E-state index contributed by atoms with van der Waals surface area (Å²) < 4.78 is 34.4. The molecule has 0 bridgehead atoms. The summed E-state index contributed by atoms with van der Waals surface area (Å²) in [7, 11) is -2.76. The van der Waals surface area contributed by atoms with Crippen LogP contribution in [0.15, 0.2) is 108 Å². The van der Waals surface area contributed by atoms with Crippen LogP contribution in [0.2, 0.25) is 5.02 Å². The maximum atomic E-state index is 14.4. The lowest BCUT2D eigenvalue weighted by atomic mass is 10.0. The summed E-state index contributed by atoms with van der Waals surface area (Å²) in [6.45, 7) is 3.66. The third kappa shape index (κ3) is 7.98. The third-order valence-electron chi connectivity index (χ3n) is 7.25. The SMILES string of the molecule is CCNC(=O)[C@@H](Cc1ccccc1)N(Cc1ccccc1C)C(=O)CN(c1cccc(Cl)c1)S(=O)(=O)c1ccc(OC)cc1. The molecule has 0 aromatic heterocycles. The van der Waals surface area contributed by atoms with Gasteiger partial charge >= 0.3 is 0 Å². The number of benzene rings is 4. The maximum Gasteiger partial charge on any atom is 0.264 e. The highest BCUT2D eigenvalue weighted by atomic mass is 35.5. The summed E-state index contributed by atoms with van der Waals surface area (Å²) in [6.07, 6.45) is 0.243. The first-order chi connectivity index (χ1) is 21.1. The summed E-state index contributed by atoms with van der Waals surface area (Å²) in [6, 6.07) is 28.4. The highest BCUT2D eigenvalue weighted by Gasteiger charge is 2.34. The van der Waals surface area contributed by atoms with Crippen molar-refractivity contribution in [1.29, 1.82) is 0 Å². The van der Waals surface area contributed by atoms with E-state index in [2.05, 4.69) is 5.32 Å². The van der Waals surface area contributed by atoms with Gasteiger partial charge < -0.3 is 15.0 Å². The molecule has 4 aromatic rings. The minimum Gasteiger partial charge on any atom is -0.497 e. The van der Waals surface area contributed by atoms with Crippen LogP contribution >= 0.6 is 11.6 Å². The first-order valence-corrected chi connectivity index (χ1v) is 16.0. The van der Waals surface area contributed by atoms with Crippen molar-refractivity contribution in [1.82, 2.24) is 10.2 Å². The zero-order valence-electron chi connectivity index (χ0n) is 24.9. The largest absolute Gasteiger partial charge is 0.497 e. The van der Waals surface area contributed by atoms with Gasteiger partial charge in [-0.25, -0.2) is 8.42 Å². The molecule has 0 fully saturated rings. The van der Waals surface area contributed by atoms with Gasteiger partial charge in [0.05, 0.1) is 17.7 Å². The van der Waals surface area contributed by atoms with Crippen molar-refractivity contribution in [3.8, 4) is 5.75 Å². The van der Waals surface area contributed by atoms with E-state index in [0.717, 1.165) is 21.0 Å². The van der Waals surface area contributed by atoms with Crippen molar-refractivity contribution in [3.05, 3.63) is 125 Å². The van der Waals surface area contributed by atoms with Gasteiger partial charge in [-0.2, -0.15) is 0 Å². The molecule has 4 aromatic carbocycles. The molecule has 230 valence electrons. The number of carbonyl (C=O) groups excluding carboxylic acids is 2. The maximum absolute atomic E-state index is 14.4. The van der Waals surface area contributed by atoms with E-state index in [9.17, 15) is 18.0 Å². The number of methoxy groups -OCH3 is 1. The number of halogens is 1. The summed E-state index contributed by atoms with van der Waals surface area (Å²) in [5, 5.41) is 3.18. The number of hydrogen-bond donors (Lipinski definition) is 1. The number of ether oxygens (including phenoxy) is 1. The Morgan fingerprint density at radius 1 is 0.909 bits per heavy atom. The Bertz CT molecular complexity index is 1680. The van der Waals surface area contributed by atoms with Crippen molar-refractivity contribution < 1.29 is 22.7 Å². The Balaban J connectivity index is 1.80. The van der Waals surface area contributed by atoms with Gasteiger partial charge in [0.2, 0.25) is 11.8 Å².